The van der Waals surface area contributed by atoms with E-state index in [1.165, 1.54) is 0 Å². The fourth-order valence-electron chi connectivity index (χ4n) is 1.64. The Bertz CT molecular complexity index is 304. The van der Waals surface area contributed by atoms with E-state index in [9.17, 15) is 10.2 Å². The van der Waals surface area contributed by atoms with Crippen molar-refractivity contribution in [2.24, 2.45) is 0 Å². The molecule has 18 heavy (non-hydrogen) atoms. The van der Waals surface area contributed by atoms with Crippen LogP contribution in [-0.4, -0.2) is 42.1 Å². The lowest BCUT2D eigenvalue weighted by Gasteiger charge is -2.29. The number of benzene rings is 1. The molecule has 0 fully saturated rings. The van der Waals surface area contributed by atoms with E-state index in [0.29, 0.717) is 19.6 Å². The van der Waals surface area contributed by atoms with Crippen molar-refractivity contribution in [1.29, 1.82) is 0 Å². The van der Waals surface area contributed by atoms with E-state index in [1.54, 1.807) is 0 Å². The molecule has 0 aromatic heterocycles. The third kappa shape index (κ3) is 4.64. The average Bonchev–Trinajstić information content (AvgIpc) is 2.45. The molecule has 1 aromatic carbocycles. The molecule has 0 unspecified atom stereocenters. The lowest BCUT2D eigenvalue weighted by molar-refractivity contribution is 0.0866. The second-order valence-corrected chi connectivity index (χ2v) is 4.39. The summed E-state index contributed by atoms with van der Waals surface area (Å²) >= 11 is 0. The largest absolute Gasteiger partial charge is 0.494 e. The van der Waals surface area contributed by atoms with Crippen molar-refractivity contribution in [2.45, 2.75) is 25.3 Å². The quantitative estimate of drug-likeness (QED) is 0.578. The summed E-state index contributed by atoms with van der Waals surface area (Å²) in [5.74, 6) is 0.864. The van der Waals surface area contributed by atoms with Crippen LogP contribution in [0.4, 0.5) is 0 Å². The topological polar surface area (TPSA) is 61.7 Å². The molecule has 0 atom stereocenters. The average molecular weight is 253 g/mol. The van der Waals surface area contributed by atoms with Gasteiger partial charge in [0.15, 0.2) is 0 Å². The van der Waals surface area contributed by atoms with E-state index in [1.807, 2.05) is 37.3 Å². The molecule has 1 rings (SSSR count). The highest BCUT2D eigenvalue weighted by Crippen LogP contribution is 2.09. The zero-order chi connectivity index (χ0) is 13.3. The van der Waals surface area contributed by atoms with E-state index >= 15 is 0 Å². The third-order valence-electron chi connectivity index (χ3n) is 3.12. The first-order valence-corrected chi connectivity index (χ1v) is 6.41. The molecule has 0 aliphatic rings. The minimum atomic E-state index is -0.563. The molecular formula is C14H23NO3. The van der Waals surface area contributed by atoms with Gasteiger partial charge in [-0.2, -0.15) is 0 Å². The first kappa shape index (κ1) is 15.0. The predicted octanol–water partition coefficient (Wildman–Crippen LogP) is 1.18. The highest BCUT2D eigenvalue weighted by Gasteiger charge is 2.24. The zero-order valence-corrected chi connectivity index (χ0v) is 10.9. The molecule has 0 saturated carbocycles. The summed E-state index contributed by atoms with van der Waals surface area (Å²) in [5, 5.41) is 21.7. The Hall–Kier alpha value is -1.10. The summed E-state index contributed by atoms with van der Waals surface area (Å²) < 4.78 is 5.56. The van der Waals surface area contributed by atoms with Crippen LogP contribution in [0.3, 0.4) is 0 Å². The lowest BCUT2D eigenvalue weighted by Crippen LogP contribution is -2.51. The molecule has 4 nitrogen and oxygen atoms in total. The smallest absolute Gasteiger partial charge is 0.119 e. The Kier molecular flexibility index (Phi) is 6.72. The van der Waals surface area contributed by atoms with Gasteiger partial charge in [0.25, 0.3) is 0 Å². The molecular weight excluding hydrogens is 230 g/mol. The Balaban J connectivity index is 2.18. The van der Waals surface area contributed by atoms with Crippen molar-refractivity contribution < 1.29 is 14.9 Å². The van der Waals surface area contributed by atoms with Gasteiger partial charge in [-0.1, -0.05) is 25.1 Å². The van der Waals surface area contributed by atoms with Crippen LogP contribution in [0.5, 0.6) is 5.75 Å². The van der Waals surface area contributed by atoms with Crippen molar-refractivity contribution in [3.8, 4) is 5.75 Å². The van der Waals surface area contributed by atoms with Crippen molar-refractivity contribution in [1.82, 2.24) is 5.32 Å². The summed E-state index contributed by atoms with van der Waals surface area (Å²) in [5.41, 5.74) is -0.563. The number of hydrogen-bond donors (Lipinski definition) is 3. The summed E-state index contributed by atoms with van der Waals surface area (Å²) in [4.78, 5) is 0. The first-order chi connectivity index (χ1) is 8.76. The van der Waals surface area contributed by atoms with Gasteiger partial charge in [-0.25, -0.2) is 0 Å². The van der Waals surface area contributed by atoms with Gasteiger partial charge in [-0.3, -0.25) is 0 Å². The van der Waals surface area contributed by atoms with E-state index in [-0.39, 0.29) is 13.2 Å². The second kappa shape index (κ2) is 8.08. The molecule has 0 saturated heterocycles. The number of hydrogen-bond acceptors (Lipinski definition) is 4. The summed E-state index contributed by atoms with van der Waals surface area (Å²) in [7, 11) is 0. The molecule has 0 bridgehead atoms. The van der Waals surface area contributed by atoms with Gasteiger partial charge < -0.3 is 20.3 Å². The second-order valence-electron chi connectivity index (χ2n) is 4.39. The normalized spacial score (nSPS) is 11.5. The SMILES string of the molecule is CCC(CO)(CO)NCCCOc1ccccc1. The van der Waals surface area contributed by atoms with Crippen LogP contribution in [0.2, 0.25) is 0 Å². The van der Waals surface area contributed by atoms with E-state index < -0.39 is 5.54 Å². The number of aliphatic hydroxyl groups excluding tert-OH is 2. The molecule has 3 N–H and O–H groups in total. The van der Waals surface area contributed by atoms with Gasteiger partial charge in [-0.15, -0.1) is 0 Å². The van der Waals surface area contributed by atoms with Crippen LogP contribution in [0.1, 0.15) is 19.8 Å². The van der Waals surface area contributed by atoms with Gasteiger partial charge in [0.05, 0.1) is 25.4 Å². The number of ether oxygens (including phenoxy) is 1. The Morgan fingerprint density at radius 1 is 1.17 bits per heavy atom. The van der Waals surface area contributed by atoms with Gasteiger partial charge >= 0.3 is 0 Å². The zero-order valence-electron chi connectivity index (χ0n) is 10.9. The van der Waals surface area contributed by atoms with Gasteiger partial charge in [0.2, 0.25) is 0 Å². The van der Waals surface area contributed by atoms with E-state index in [2.05, 4.69) is 5.32 Å². The van der Waals surface area contributed by atoms with Crippen LogP contribution in [0.25, 0.3) is 0 Å². The highest BCUT2D eigenvalue weighted by molar-refractivity contribution is 5.20. The molecule has 0 spiro atoms. The molecule has 4 heteroatoms. The molecule has 0 aliphatic carbocycles. The molecule has 0 heterocycles. The molecule has 1 aromatic rings. The number of rotatable bonds is 9. The van der Waals surface area contributed by atoms with E-state index in [0.717, 1.165) is 12.2 Å². The summed E-state index contributed by atoms with van der Waals surface area (Å²) in [6.07, 6.45) is 1.52. The Labute approximate surface area is 109 Å². The lowest BCUT2D eigenvalue weighted by atomic mass is 9.98. The minimum Gasteiger partial charge on any atom is -0.494 e. The molecule has 102 valence electrons. The summed E-state index contributed by atoms with van der Waals surface area (Å²) in [6.45, 7) is 3.16. The summed E-state index contributed by atoms with van der Waals surface area (Å²) in [6, 6.07) is 9.67. The Morgan fingerprint density at radius 2 is 1.83 bits per heavy atom. The fourth-order valence-corrected chi connectivity index (χ4v) is 1.64. The van der Waals surface area contributed by atoms with Gasteiger partial charge in [-0.05, 0) is 31.5 Å². The standard InChI is InChI=1S/C14H23NO3/c1-2-14(11-16,12-17)15-9-6-10-18-13-7-4-3-5-8-13/h3-5,7-8,15-17H,2,6,9-12H2,1H3. The monoisotopic (exact) mass is 253 g/mol. The third-order valence-corrected chi connectivity index (χ3v) is 3.12. The van der Waals surface area contributed by atoms with Gasteiger partial charge in [0, 0.05) is 0 Å². The predicted molar refractivity (Wildman–Crippen MR) is 71.8 cm³/mol. The molecule has 0 amide bonds. The van der Waals surface area contributed by atoms with Crippen LogP contribution >= 0.6 is 0 Å². The van der Waals surface area contributed by atoms with Crippen molar-refractivity contribution >= 4 is 0 Å². The van der Waals surface area contributed by atoms with Crippen LogP contribution in [-0.2, 0) is 0 Å². The van der Waals surface area contributed by atoms with Crippen molar-refractivity contribution in [2.75, 3.05) is 26.4 Å². The van der Waals surface area contributed by atoms with Crippen molar-refractivity contribution in [3.05, 3.63) is 30.3 Å². The van der Waals surface area contributed by atoms with Crippen LogP contribution < -0.4 is 10.1 Å². The van der Waals surface area contributed by atoms with Gasteiger partial charge in [0.1, 0.15) is 5.75 Å². The minimum absolute atomic E-state index is 0.0560. The number of para-hydroxylation sites is 1. The van der Waals surface area contributed by atoms with Crippen LogP contribution in [0.15, 0.2) is 30.3 Å². The maximum absolute atomic E-state index is 9.26. The maximum atomic E-state index is 9.26. The number of nitrogens with one attached hydrogen (secondary N) is 1. The molecule has 0 radical (unpaired) electrons. The highest BCUT2D eigenvalue weighted by atomic mass is 16.5. The maximum Gasteiger partial charge on any atom is 0.119 e. The van der Waals surface area contributed by atoms with E-state index in [4.69, 9.17) is 4.74 Å². The van der Waals surface area contributed by atoms with Crippen molar-refractivity contribution in [3.63, 3.8) is 0 Å². The fraction of sp³-hybridized carbons (Fsp3) is 0.571. The first-order valence-electron chi connectivity index (χ1n) is 6.41. The van der Waals surface area contributed by atoms with Crippen LogP contribution in [0, 0.1) is 0 Å². The Morgan fingerprint density at radius 3 is 2.39 bits per heavy atom. The number of aliphatic hydroxyl groups is 2. The molecule has 0 aliphatic heterocycles.